The van der Waals surface area contributed by atoms with Crippen molar-refractivity contribution < 1.29 is 14.3 Å². The van der Waals surface area contributed by atoms with Crippen LogP contribution in [0.4, 0.5) is 4.79 Å². The van der Waals surface area contributed by atoms with Gasteiger partial charge < -0.3 is 14.4 Å². The van der Waals surface area contributed by atoms with Crippen LogP contribution < -0.4 is 0 Å². The van der Waals surface area contributed by atoms with Crippen molar-refractivity contribution in [2.24, 2.45) is 0 Å². The van der Waals surface area contributed by atoms with E-state index in [-0.39, 0.29) is 11.6 Å². The third-order valence-corrected chi connectivity index (χ3v) is 4.49. The van der Waals surface area contributed by atoms with Crippen LogP contribution in [0, 0.1) is 0 Å². The van der Waals surface area contributed by atoms with Crippen LogP contribution in [0.2, 0.25) is 0 Å². The summed E-state index contributed by atoms with van der Waals surface area (Å²) in [7, 11) is 0. The normalized spacial score (nSPS) is 23.7. The molecule has 2 saturated heterocycles. The lowest BCUT2D eigenvalue weighted by atomic mass is 9.85. The summed E-state index contributed by atoms with van der Waals surface area (Å²) in [5, 5.41) is 0. The van der Waals surface area contributed by atoms with Gasteiger partial charge in [-0.25, -0.2) is 4.79 Å². The van der Waals surface area contributed by atoms with Crippen molar-refractivity contribution in [3.05, 3.63) is 0 Å². The number of ether oxygens (including phenoxy) is 1. The van der Waals surface area contributed by atoms with Crippen LogP contribution >= 0.6 is 0 Å². The second-order valence-corrected chi connectivity index (χ2v) is 7.24. The van der Waals surface area contributed by atoms with Gasteiger partial charge in [-0.3, -0.25) is 4.90 Å². The molecule has 0 spiro atoms. The number of hydrogen-bond acceptors (Lipinski definition) is 4. The van der Waals surface area contributed by atoms with Gasteiger partial charge in [-0.15, -0.1) is 0 Å². The van der Waals surface area contributed by atoms with Crippen molar-refractivity contribution in [2.75, 3.05) is 26.2 Å². The van der Waals surface area contributed by atoms with Crippen molar-refractivity contribution in [2.45, 2.75) is 64.0 Å². The first-order valence-corrected chi connectivity index (χ1v) is 8.06. The Kier molecular flexibility index (Phi) is 4.91. The van der Waals surface area contributed by atoms with Crippen LogP contribution in [0.5, 0.6) is 0 Å². The third-order valence-electron chi connectivity index (χ3n) is 4.49. The minimum absolute atomic E-state index is 0.263. The average molecular weight is 296 g/mol. The van der Waals surface area contributed by atoms with Gasteiger partial charge in [0.05, 0.1) is 5.54 Å². The molecule has 0 saturated carbocycles. The molecule has 2 rings (SSSR count). The molecule has 2 aliphatic heterocycles. The molecule has 21 heavy (non-hydrogen) atoms. The van der Waals surface area contributed by atoms with Gasteiger partial charge in [-0.1, -0.05) is 6.42 Å². The molecule has 0 atom stereocenters. The molecule has 0 radical (unpaired) electrons. The minimum Gasteiger partial charge on any atom is -0.444 e. The zero-order valence-corrected chi connectivity index (χ0v) is 13.6. The molecule has 5 heteroatoms. The highest BCUT2D eigenvalue weighted by molar-refractivity contribution is 5.70. The molecule has 2 fully saturated rings. The van der Waals surface area contributed by atoms with E-state index in [4.69, 9.17) is 4.74 Å². The van der Waals surface area contributed by atoms with Crippen LogP contribution in [0.1, 0.15) is 52.9 Å². The van der Waals surface area contributed by atoms with Crippen LogP contribution in [-0.4, -0.2) is 59.5 Å². The van der Waals surface area contributed by atoms with Gasteiger partial charge in [-0.2, -0.15) is 0 Å². The van der Waals surface area contributed by atoms with Crippen molar-refractivity contribution in [1.29, 1.82) is 0 Å². The molecule has 1 amide bonds. The summed E-state index contributed by atoms with van der Waals surface area (Å²) in [6.07, 6.45) is 5.89. The quantitative estimate of drug-likeness (QED) is 0.734. The number of aldehydes is 1. The van der Waals surface area contributed by atoms with E-state index in [1.165, 1.54) is 19.3 Å². The highest BCUT2D eigenvalue weighted by Crippen LogP contribution is 2.30. The van der Waals surface area contributed by atoms with Gasteiger partial charge in [0, 0.05) is 13.1 Å². The van der Waals surface area contributed by atoms with Crippen molar-refractivity contribution in [1.82, 2.24) is 9.80 Å². The van der Waals surface area contributed by atoms with E-state index >= 15 is 0 Å². The largest absolute Gasteiger partial charge is 0.444 e. The first-order valence-electron chi connectivity index (χ1n) is 8.06. The molecular formula is C16H28N2O3. The fraction of sp³-hybridized carbons (Fsp3) is 0.875. The van der Waals surface area contributed by atoms with Gasteiger partial charge in [0.25, 0.3) is 0 Å². The third kappa shape index (κ3) is 3.96. The van der Waals surface area contributed by atoms with Crippen molar-refractivity contribution in [3.63, 3.8) is 0 Å². The molecule has 0 unspecified atom stereocenters. The Labute approximate surface area is 127 Å². The predicted octanol–water partition coefficient (Wildman–Crippen LogP) is 2.44. The summed E-state index contributed by atoms with van der Waals surface area (Å²) in [6, 6.07) is 0. The molecular weight excluding hydrogens is 268 g/mol. The molecule has 0 bridgehead atoms. The Morgan fingerprint density at radius 2 is 1.62 bits per heavy atom. The lowest BCUT2D eigenvalue weighted by Crippen LogP contribution is -2.58. The van der Waals surface area contributed by atoms with E-state index in [1.807, 2.05) is 20.8 Å². The topological polar surface area (TPSA) is 49.9 Å². The number of amides is 1. The number of nitrogens with zero attached hydrogens (tertiary/aromatic N) is 2. The number of carbonyl (C=O) groups excluding carboxylic acids is 2. The fourth-order valence-corrected chi connectivity index (χ4v) is 3.25. The number of likely N-dealkylation sites (tertiary alicyclic amines) is 2. The van der Waals surface area contributed by atoms with Crippen LogP contribution in [0.25, 0.3) is 0 Å². The monoisotopic (exact) mass is 296 g/mol. The van der Waals surface area contributed by atoms with E-state index < -0.39 is 5.60 Å². The van der Waals surface area contributed by atoms with E-state index in [9.17, 15) is 9.59 Å². The molecule has 5 nitrogen and oxygen atoms in total. The lowest BCUT2D eigenvalue weighted by molar-refractivity contribution is -0.123. The van der Waals surface area contributed by atoms with Crippen LogP contribution in [0.15, 0.2) is 0 Å². The zero-order valence-electron chi connectivity index (χ0n) is 13.6. The highest BCUT2D eigenvalue weighted by atomic mass is 16.6. The molecule has 0 aliphatic carbocycles. The zero-order chi connectivity index (χ0) is 15.5. The van der Waals surface area contributed by atoms with Crippen molar-refractivity contribution in [3.8, 4) is 0 Å². The van der Waals surface area contributed by atoms with E-state index in [1.54, 1.807) is 4.90 Å². The summed E-state index contributed by atoms with van der Waals surface area (Å²) in [6.45, 7) is 8.83. The average Bonchev–Trinajstić information content (AvgIpc) is 2.46. The molecule has 2 aliphatic rings. The van der Waals surface area contributed by atoms with Crippen LogP contribution in [-0.2, 0) is 9.53 Å². The molecule has 0 aromatic heterocycles. The van der Waals surface area contributed by atoms with Gasteiger partial charge in [-0.05, 0) is 59.5 Å². The Hall–Kier alpha value is -1.10. The molecule has 120 valence electrons. The fourth-order valence-electron chi connectivity index (χ4n) is 3.25. The van der Waals surface area contributed by atoms with Crippen molar-refractivity contribution >= 4 is 12.4 Å². The lowest BCUT2D eigenvalue weighted by Gasteiger charge is -2.46. The van der Waals surface area contributed by atoms with E-state index in [0.29, 0.717) is 13.1 Å². The number of carbonyl (C=O) groups is 2. The highest BCUT2D eigenvalue weighted by Gasteiger charge is 2.41. The summed E-state index contributed by atoms with van der Waals surface area (Å²) >= 11 is 0. The Morgan fingerprint density at radius 1 is 1.05 bits per heavy atom. The van der Waals surface area contributed by atoms with Gasteiger partial charge in [0.1, 0.15) is 11.9 Å². The van der Waals surface area contributed by atoms with Gasteiger partial charge >= 0.3 is 6.09 Å². The maximum Gasteiger partial charge on any atom is 0.410 e. The molecule has 2 heterocycles. The molecule has 0 aromatic carbocycles. The maximum absolute atomic E-state index is 12.1. The second kappa shape index (κ2) is 6.34. The van der Waals surface area contributed by atoms with Gasteiger partial charge in [0.2, 0.25) is 0 Å². The van der Waals surface area contributed by atoms with Gasteiger partial charge in [0.15, 0.2) is 0 Å². The van der Waals surface area contributed by atoms with Crippen LogP contribution in [0.3, 0.4) is 0 Å². The summed E-state index contributed by atoms with van der Waals surface area (Å²) in [5.41, 5.74) is -0.831. The smallest absolute Gasteiger partial charge is 0.410 e. The molecule has 0 aromatic rings. The Bertz CT molecular complexity index is 375. The Balaban J connectivity index is 1.94. The predicted molar refractivity (Wildman–Crippen MR) is 81.3 cm³/mol. The summed E-state index contributed by atoms with van der Waals surface area (Å²) in [4.78, 5) is 27.9. The second-order valence-electron chi connectivity index (χ2n) is 7.24. The summed E-state index contributed by atoms with van der Waals surface area (Å²) < 4.78 is 5.41. The number of piperidine rings is 2. The van der Waals surface area contributed by atoms with E-state index in [2.05, 4.69) is 4.90 Å². The molecule has 0 N–H and O–H groups in total. The number of hydrogen-bond donors (Lipinski definition) is 0. The Morgan fingerprint density at radius 3 is 2.10 bits per heavy atom. The first-order chi connectivity index (χ1) is 9.86. The maximum atomic E-state index is 12.1. The summed E-state index contributed by atoms with van der Waals surface area (Å²) in [5.74, 6) is 0. The number of rotatable bonds is 2. The first kappa shape index (κ1) is 16.3. The minimum atomic E-state index is -0.469. The van der Waals surface area contributed by atoms with E-state index in [0.717, 1.165) is 32.2 Å². The SMILES string of the molecule is CC(C)(C)OC(=O)N1CCC(C=O)(N2CCCCC2)CC1. The standard InChI is InChI=1S/C16H28N2O3/c1-15(2,3)21-14(20)17-11-7-16(13-19,8-12-17)18-9-5-4-6-10-18/h13H,4-12H2,1-3H3.